The number of anilines is 2. The second-order valence-corrected chi connectivity index (χ2v) is 8.69. The zero-order chi connectivity index (χ0) is 23.3. The van der Waals surface area contributed by atoms with Gasteiger partial charge in [0.1, 0.15) is 28.5 Å². The summed E-state index contributed by atoms with van der Waals surface area (Å²) in [4.78, 5) is 16.5. The molecule has 0 radical (unpaired) electrons. The minimum Gasteiger partial charge on any atom is -0.383 e. The number of rotatable bonds is 6. The molecule has 9 heteroatoms. The maximum Gasteiger partial charge on any atom is 0.225 e. The molecule has 0 aliphatic rings. The number of pyridine rings is 1. The topological polar surface area (TPSA) is 116 Å². The average Bonchev–Trinajstić information content (AvgIpc) is 2.76. The van der Waals surface area contributed by atoms with Gasteiger partial charge in [0.15, 0.2) is 0 Å². The SMILES string of the molecule is Cc1ccc(-c2c(C#N)c(N)nc(SCCC(=O)Nc3ccc(Cl)c(Cl)c3)c2C#N)cc1. The van der Waals surface area contributed by atoms with Crippen LogP contribution in [0.2, 0.25) is 10.0 Å². The van der Waals surface area contributed by atoms with Crippen molar-refractivity contribution >= 4 is 52.4 Å². The van der Waals surface area contributed by atoms with E-state index in [1.807, 2.05) is 31.2 Å². The minimum absolute atomic E-state index is 0.0461. The summed E-state index contributed by atoms with van der Waals surface area (Å²) in [5.74, 6) is 0.174. The zero-order valence-corrected chi connectivity index (χ0v) is 19.3. The first-order valence-corrected chi connectivity index (χ1v) is 11.2. The number of hydrogen-bond acceptors (Lipinski definition) is 6. The van der Waals surface area contributed by atoms with E-state index in [1.165, 1.54) is 11.8 Å². The number of thioether (sulfide) groups is 1. The number of nitrogens with zero attached hydrogens (tertiary/aromatic N) is 3. The molecule has 32 heavy (non-hydrogen) atoms. The van der Waals surface area contributed by atoms with E-state index in [0.29, 0.717) is 37.6 Å². The zero-order valence-electron chi connectivity index (χ0n) is 16.9. The van der Waals surface area contributed by atoms with Gasteiger partial charge in [-0.2, -0.15) is 10.5 Å². The van der Waals surface area contributed by atoms with Crippen LogP contribution in [0.4, 0.5) is 11.5 Å². The van der Waals surface area contributed by atoms with E-state index in [1.54, 1.807) is 18.2 Å². The lowest BCUT2D eigenvalue weighted by Crippen LogP contribution is -2.12. The summed E-state index contributed by atoms with van der Waals surface area (Å²) in [5.41, 5.74) is 9.19. The first-order chi connectivity index (χ1) is 15.3. The molecule has 3 N–H and O–H groups in total. The van der Waals surface area contributed by atoms with Gasteiger partial charge in [0, 0.05) is 23.4 Å². The third-order valence-corrected chi connectivity index (χ3v) is 6.24. The van der Waals surface area contributed by atoms with Crippen molar-refractivity contribution in [3.8, 4) is 23.3 Å². The molecule has 0 unspecified atom stereocenters. The van der Waals surface area contributed by atoms with Crippen molar-refractivity contribution in [1.29, 1.82) is 10.5 Å². The van der Waals surface area contributed by atoms with Crippen molar-refractivity contribution in [2.45, 2.75) is 18.4 Å². The predicted molar refractivity (Wildman–Crippen MR) is 129 cm³/mol. The van der Waals surface area contributed by atoms with Gasteiger partial charge in [-0.3, -0.25) is 4.79 Å². The molecule has 1 heterocycles. The summed E-state index contributed by atoms with van der Waals surface area (Å²) in [5, 5.41) is 23.3. The number of aromatic nitrogens is 1. The number of benzene rings is 2. The van der Waals surface area contributed by atoms with Crippen molar-refractivity contribution in [3.63, 3.8) is 0 Å². The average molecular weight is 482 g/mol. The maximum absolute atomic E-state index is 12.3. The van der Waals surface area contributed by atoms with Crippen LogP contribution >= 0.6 is 35.0 Å². The summed E-state index contributed by atoms with van der Waals surface area (Å²) in [7, 11) is 0. The van der Waals surface area contributed by atoms with Crippen LogP contribution in [0.5, 0.6) is 0 Å². The number of nitrogens with two attached hydrogens (primary N) is 1. The lowest BCUT2D eigenvalue weighted by atomic mass is 9.96. The van der Waals surface area contributed by atoms with Crippen LogP contribution in [0, 0.1) is 29.6 Å². The third-order valence-electron chi connectivity index (χ3n) is 4.53. The molecule has 0 spiro atoms. The molecule has 1 aromatic heterocycles. The highest BCUT2D eigenvalue weighted by atomic mass is 35.5. The summed E-state index contributed by atoms with van der Waals surface area (Å²) in [6.45, 7) is 1.95. The van der Waals surface area contributed by atoms with Crippen molar-refractivity contribution in [2.75, 3.05) is 16.8 Å². The Morgan fingerprint density at radius 3 is 2.41 bits per heavy atom. The fourth-order valence-corrected chi connectivity index (χ4v) is 4.18. The quantitative estimate of drug-likeness (QED) is 0.429. The predicted octanol–water partition coefficient (Wildman–Crippen LogP) is 5.81. The van der Waals surface area contributed by atoms with E-state index in [4.69, 9.17) is 28.9 Å². The molecule has 3 aromatic rings. The van der Waals surface area contributed by atoms with Gasteiger partial charge in [0.2, 0.25) is 5.91 Å². The lowest BCUT2D eigenvalue weighted by Gasteiger charge is -2.13. The van der Waals surface area contributed by atoms with Crippen LogP contribution < -0.4 is 11.1 Å². The van der Waals surface area contributed by atoms with E-state index in [0.717, 1.165) is 5.56 Å². The minimum atomic E-state index is -0.227. The van der Waals surface area contributed by atoms with Gasteiger partial charge in [0.05, 0.1) is 15.6 Å². The Hall–Kier alpha value is -3.23. The van der Waals surface area contributed by atoms with Crippen molar-refractivity contribution in [2.24, 2.45) is 0 Å². The molecule has 0 saturated carbocycles. The Kier molecular flexibility index (Phi) is 7.61. The van der Waals surface area contributed by atoms with Crippen LogP contribution in [-0.4, -0.2) is 16.6 Å². The Morgan fingerprint density at radius 1 is 1.09 bits per heavy atom. The number of nitriles is 2. The van der Waals surface area contributed by atoms with Gasteiger partial charge in [-0.25, -0.2) is 4.98 Å². The molecule has 0 bridgehead atoms. The Bertz CT molecular complexity index is 1260. The van der Waals surface area contributed by atoms with Gasteiger partial charge >= 0.3 is 0 Å². The molecule has 0 aliphatic heterocycles. The fourth-order valence-electron chi connectivity index (χ4n) is 2.95. The van der Waals surface area contributed by atoms with E-state index < -0.39 is 0 Å². The van der Waals surface area contributed by atoms with Gasteiger partial charge in [-0.05, 0) is 30.7 Å². The van der Waals surface area contributed by atoms with Crippen LogP contribution in [0.3, 0.4) is 0 Å². The van der Waals surface area contributed by atoms with Gasteiger partial charge in [0.25, 0.3) is 0 Å². The summed E-state index contributed by atoms with van der Waals surface area (Å²) in [6, 6.07) is 16.5. The number of hydrogen-bond donors (Lipinski definition) is 2. The monoisotopic (exact) mass is 481 g/mol. The number of carbonyl (C=O) groups excluding carboxylic acids is 1. The molecule has 1 amide bonds. The molecule has 0 atom stereocenters. The Morgan fingerprint density at radius 2 is 1.78 bits per heavy atom. The van der Waals surface area contributed by atoms with E-state index in [2.05, 4.69) is 22.4 Å². The highest BCUT2D eigenvalue weighted by Gasteiger charge is 2.20. The second kappa shape index (κ2) is 10.4. The number of carbonyl (C=O) groups is 1. The first-order valence-electron chi connectivity index (χ1n) is 9.42. The van der Waals surface area contributed by atoms with Gasteiger partial charge in [-0.15, -0.1) is 11.8 Å². The number of nitrogens with one attached hydrogen (secondary N) is 1. The lowest BCUT2D eigenvalue weighted by molar-refractivity contribution is -0.115. The number of nitrogen functional groups attached to an aromatic ring is 1. The Balaban J connectivity index is 1.80. The van der Waals surface area contributed by atoms with Crippen LogP contribution in [0.1, 0.15) is 23.1 Å². The number of aryl methyl sites for hydroxylation is 1. The molecule has 0 aliphatic carbocycles. The van der Waals surface area contributed by atoms with Crippen LogP contribution in [0.15, 0.2) is 47.5 Å². The number of halogens is 2. The van der Waals surface area contributed by atoms with E-state index in [9.17, 15) is 15.3 Å². The normalized spacial score (nSPS) is 10.3. The second-order valence-electron chi connectivity index (χ2n) is 6.79. The molecule has 2 aromatic carbocycles. The highest BCUT2D eigenvalue weighted by Crippen LogP contribution is 2.36. The molecule has 160 valence electrons. The van der Waals surface area contributed by atoms with Crippen molar-refractivity contribution in [1.82, 2.24) is 4.98 Å². The Labute approximate surface area is 200 Å². The third kappa shape index (κ3) is 5.33. The molecule has 6 nitrogen and oxygen atoms in total. The smallest absolute Gasteiger partial charge is 0.225 e. The fraction of sp³-hybridized carbons (Fsp3) is 0.130. The molecule has 0 saturated heterocycles. The van der Waals surface area contributed by atoms with Crippen molar-refractivity contribution in [3.05, 3.63) is 69.2 Å². The largest absolute Gasteiger partial charge is 0.383 e. The highest BCUT2D eigenvalue weighted by molar-refractivity contribution is 7.99. The van der Waals surface area contributed by atoms with E-state index in [-0.39, 0.29) is 29.3 Å². The van der Waals surface area contributed by atoms with Gasteiger partial charge in [-0.1, -0.05) is 53.0 Å². The van der Waals surface area contributed by atoms with Crippen LogP contribution in [0.25, 0.3) is 11.1 Å². The summed E-state index contributed by atoms with van der Waals surface area (Å²) < 4.78 is 0. The van der Waals surface area contributed by atoms with Crippen LogP contribution in [-0.2, 0) is 4.79 Å². The van der Waals surface area contributed by atoms with Crippen molar-refractivity contribution < 1.29 is 4.79 Å². The molecular weight excluding hydrogens is 465 g/mol. The standard InChI is InChI=1S/C23H17Cl2N5OS/c1-13-2-4-14(5-3-13)21-16(11-26)22(28)30-23(17(21)12-27)32-9-8-20(31)29-15-6-7-18(24)19(25)10-15/h2-7,10H,8-9H2,1H3,(H2,28,30)(H,29,31). The molecule has 3 rings (SSSR count). The first kappa shape index (κ1) is 23.4. The van der Waals surface area contributed by atoms with Gasteiger partial charge < -0.3 is 11.1 Å². The number of amides is 1. The maximum atomic E-state index is 12.3. The molecule has 0 fully saturated rings. The molecular formula is C23H17Cl2N5OS. The summed E-state index contributed by atoms with van der Waals surface area (Å²) >= 11 is 13.1. The summed E-state index contributed by atoms with van der Waals surface area (Å²) in [6.07, 6.45) is 0.164. The van der Waals surface area contributed by atoms with E-state index >= 15 is 0 Å².